The van der Waals surface area contributed by atoms with E-state index in [0.29, 0.717) is 16.5 Å². The van der Waals surface area contributed by atoms with Crippen LogP contribution in [0.15, 0.2) is 29.1 Å². The Kier molecular flexibility index (Phi) is 3.31. The first-order valence-corrected chi connectivity index (χ1v) is 5.51. The molecule has 0 spiro atoms. The van der Waals surface area contributed by atoms with Crippen molar-refractivity contribution in [3.63, 3.8) is 0 Å². The first-order chi connectivity index (χ1) is 8.58. The molecule has 0 amide bonds. The quantitative estimate of drug-likeness (QED) is 0.868. The highest BCUT2D eigenvalue weighted by Crippen LogP contribution is 2.22. The lowest BCUT2D eigenvalue weighted by Gasteiger charge is -2.06. The Hall–Kier alpha value is -2.32. The Morgan fingerprint density at radius 2 is 2.22 bits per heavy atom. The second kappa shape index (κ2) is 4.90. The molecule has 1 aromatic heterocycles. The Labute approximate surface area is 108 Å². The molecule has 90 valence electrons. The summed E-state index contributed by atoms with van der Waals surface area (Å²) in [7, 11) is 0. The standard InChI is InChI=1S/C12H9ClN4O/c1-7-2-3-8(4-10(7)13)15-11-5-9(6-14)16-12(18)17-11/h2-5H,1H3,(H2,15,16,17,18). The zero-order chi connectivity index (χ0) is 13.1. The molecule has 0 aliphatic carbocycles. The van der Waals surface area contributed by atoms with Crippen LogP contribution < -0.4 is 11.0 Å². The molecule has 0 saturated heterocycles. The Balaban J connectivity index is 2.34. The molecule has 1 heterocycles. The summed E-state index contributed by atoms with van der Waals surface area (Å²) in [6.45, 7) is 1.89. The number of halogens is 1. The second-order valence-corrected chi connectivity index (χ2v) is 4.09. The van der Waals surface area contributed by atoms with Gasteiger partial charge in [0.1, 0.15) is 17.6 Å². The van der Waals surface area contributed by atoms with Gasteiger partial charge < -0.3 is 5.32 Å². The molecular weight excluding hydrogens is 252 g/mol. The topological polar surface area (TPSA) is 81.6 Å². The van der Waals surface area contributed by atoms with Gasteiger partial charge in [-0.1, -0.05) is 17.7 Å². The number of nitrogens with one attached hydrogen (secondary N) is 2. The van der Waals surface area contributed by atoms with E-state index in [4.69, 9.17) is 16.9 Å². The van der Waals surface area contributed by atoms with Gasteiger partial charge in [-0.2, -0.15) is 10.2 Å². The Morgan fingerprint density at radius 3 is 2.89 bits per heavy atom. The number of aromatic nitrogens is 2. The van der Waals surface area contributed by atoms with Gasteiger partial charge in [0.2, 0.25) is 0 Å². The zero-order valence-electron chi connectivity index (χ0n) is 9.49. The van der Waals surface area contributed by atoms with E-state index in [-0.39, 0.29) is 5.69 Å². The molecule has 0 saturated carbocycles. The highest BCUT2D eigenvalue weighted by Gasteiger charge is 2.02. The maximum absolute atomic E-state index is 11.2. The highest BCUT2D eigenvalue weighted by molar-refractivity contribution is 6.31. The predicted octanol–water partition coefficient (Wildman–Crippen LogP) is 2.35. The van der Waals surface area contributed by atoms with Crippen LogP contribution in [-0.4, -0.2) is 9.97 Å². The minimum absolute atomic E-state index is 0.149. The number of nitriles is 1. The average Bonchev–Trinajstić information content (AvgIpc) is 2.33. The molecule has 0 unspecified atom stereocenters. The normalized spacial score (nSPS) is 9.83. The van der Waals surface area contributed by atoms with Crippen LogP contribution in [0.3, 0.4) is 0 Å². The number of nitrogens with zero attached hydrogens (tertiary/aromatic N) is 2. The van der Waals surface area contributed by atoms with Crippen molar-refractivity contribution < 1.29 is 0 Å². The molecule has 1 aromatic carbocycles. The molecule has 0 aliphatic rings. The summed E-state index contributed by atoms with van der Waals surface area (Å²) in [6.07, 6.45) is 0. The number of anilines is 2. The summed E-state index contributed by atoms with van der Waals surface area (Å²) in [5, 5.41) is 12.3. The van der Waals surface area contributed by atoms with Crippen molar-refractivity contribution >= 4 is 23.1 Å². The van der Waals surface area contributed by atoms with Crippen molar-refractivity contribution in [1.82, 2.24) is 9.97 Å². The minimum atomic E-state index is -0.574. The smallest absolute Gasteiger partial charge is 0.340 e. The third-order valence-corrected chi connectivity index (χ3v) is 2.72. The maximum Gasteiger partial charge on any atom is 0.347 e. The average molecular weight is 261 g/mol. The maximum atomic E-state index is 11.2. The van der Waals surface area contributed by atoms with Crippen molar-refractivity contribution in [2.45, 2.75) is 6.92 Å². The van der Waals surface area contributed by atoms with Crippen LogP contribution in [0.25, 0.3) is 0 Å². The van der Waals surface area contributed by atoms with Crippen molar-refractivity contribution in [3.8, 4) is 6.07 Å². The van der Waals surface area contributed by atoms with Crippen molar-refractivity contribution in [2.75, 3.05) is 5.32 Å². The molecule has 0 radical (unpaired) electrons. The molecule has 2 rings (SSSR count). The monoisotopic (exact) mass is 260 g/mol. The first-order valence-electron chi connectivity index (χ1n) is 5.13. The fourth-order valence-electron chi connectivity index (χ4n) is 1.40. The van der Waals surface area contributed by atoms with Crippen LogP contribution >= 0.6 is 11.6 Å². The number of hydrogen-bond acceptors (Lipinski definition) is 4. The van der Waals surface area contributed by atoms with E-state index in [0.717, 1.165) is 5.56 Å². The Bertz CT molecular complexity index is 687. The van der Waals surface area contributed by atoms with E-state index in [2.05, 4.69) is 15.3 Å². The lowest BCUT2D eigenvalue weighted by atomic mass is 10.2. The third kappa shape index (κ3) is 2.67. The third-order valence-electron chi connectivity index (χ3n) is 2.31. The lowest BCUT2D eigenvalue weighted by Crippen LogP contribution is -2.13. The number of rotatable bonds is 2. The number of aromatic amines is 1. The van der Waals surface area contributed by atoms with Crippen LogP contribution in [0.5, 0.6) is 0 Å². The number of benzene rings is 1. The molecule has 0 atom stereocenters. The van der Waals surface area contributed by atoms with Gasteiger partial charge in [0.15, 0.2) is 0 Å². The van der Waals surface area contributed by atoms with E-state index in [9.17, 15) is 4.79 Å². The molecule has 6 heteroatoms. The van der Waals surface area contributed by atoms with E-state index >= 15 is 0 Å². The van der Waals surface area contributed by atoms with Gasteiger partial charge >= 0.3 is 5.69 Å². The minimum Gasteiger partial charge on any atom is -0.340 e. The number of aryl methyl sites for hydroxylation is 1. The summed E-state index contributed by atoms with van der Waals surface area (Å²) >= 11 is 5.99. The molecule has 0 aliphatic heterocycles. The van der Waals surface area contributed by atoms with Gasteiger partial charge in [-0.3, -0.25) is 4.98 Å². The Morgan fingerprint density at radius 1 is 1.44 bits per heavy atom. The highest BCUT2D eigenvalue weighted by atomic mass is 35.5. The van der Waals surface area contributed by atoms with Crippen LogP contribution in [0.4, 0.5) is 11.5 Å². The molecule has 2 aromatic rings. The second-order valence-electron chi connectivity index (χ2n) is 3.69. The van der Waals surface area contributed by atoms with Gasteiger partial charge in [0.05, 0.1) is 0 Å². The van der Waals surface area contributed by atoms with Crippen LogP contribution in [0.2, 0.25) is 5.02 Å². The molecule has 0 bridgehead atoms. The SMILES string of the molecule is Cc1ccc(Nc2cc(C#N)[nH]c(=O)n2)cc1Cl. The summed E-state index contributed by atoms with van der Waals surface area (Å²) in [6, 6.07) is 8.70. The van der Waals surface area contributed by atoms with Crippen molar-refractivity contribution in [3.05, 3.63) is 51.0 Å². The van der Waals surface area contributed by atoms with Crippen LogP contribution in [-0.2, 0) is 0 Å². The summed E-state index contributed by atoms with van der Waals surface area (Å²) < 4.78 is 0. The fourth-order valence-corrected chi connectivity index (χ4v) is 1.58. The van der Waals surface area contributed by atoms with E-state index < -0.39 is 5.69 Å². The predicted molar refractivity (Wildman–Crippen MR) is 69.0 cm³/mol. The van der Waals surface area contributed by atoms with Gasteiger partial charge in [0, 0.05) is 16.8 Å². The number of H-pyrrole nitrogens is 1. The van der Waals surface area contributed by atoms with Crippen molar-refractivity contribution in [1.29, 1.82) is 5.26 Å². The van der Waals surface area contributed by atoms with Crippen LogP contribution in [0, 0.1) is 18.3 Å². The van der Waals surface area contributed by atoms with Gasteiger partial charge in [0.25, 0.3) is 0 Å². The van der Waals surface area contributed by atoms with Gasteiger partial charge in [-0.05, 0) is 24.6 Å². The van der Waals surface area contributed by atoms with Gasteiger partial charge in [-0.25, -0.2) is 4.79 Å². The fraction of sp³-hybridized carbons (Fsp3) is 0.0833. The summed E-state index contributed by atoms with van der Waals surface area (Å²) in [5.41, 5.74) is 1.23. The van der Waals surface area contributed by atoms with Gasteiger partial charge in [-0.15, -0.1) is 0 Å². The largest absolute Gasteiger partial charge is 0.347 e. The summed E-state index contributed by atoms with van der Waals surface area (Å²) in [5.74, 6) is 0.301. The number of hydrogen-bond donors (Lipinski definition) is 2. The summed E-state index contributed by atoms with van der Waals surface area (Å²) in [4.78, 5) is 17.2. The van der Waals surface area contributed by atoms with E-state index in [1.54, 1.807) is 6.07 Å². The molecule has 2 N–H and O–H groups in total. The zero-order valence-corrected chi connectivity index (χ0v) is 10.2. The van der Waals surface area contributed by atoms with E-state index in [1.807, 2.05) is 25.1 Å². The molecule has 0 fully saturated rings. The van der Waals surface area contributed by atoms with Crippen molar-refractivity contribution in [2.24, 2.45) is 0 Å². The molecule has 5 nitrogen and oxygen atoms in total. The molecular formula is C12H9ClN4O. The first kappa shape index (κ1) is 12.1. The van der Waals surface area contributed by atoms with E-state index in [1.165, 1.54) is 6.07 Å². The van der Waals surface area contributed by atoms with Crippen LogP contribution in [0.1, 0.15) is 11.3 Å². The lowest BCUT2D eigenvalue weighted by molar-refractivity contribution is 1.06. The molecule has 18 heavy (non-hydrogen) atoms.